The Labute approximate surface area is 201 Å². The topological polar surface area (TPSA) is 90.9 Å². The molecule has 3 aromatic rings. The number of anilines is 1. The number of thiophene rings is 1. The van der Waals surface area contributed by atoms with E-state index in [2.05, 4.69) is 20.9 Å². The molecule has 0 saturated carbocycles. The first kappa shape index (κ1) is 22.7. The quantitative estimate of drug-likeness (QED) is 0.591. The predicted molar refractivity (Wildman–Crippen MR) is 133 cm³/mol. The zero-order valence-electron chi connectivity index (χ0n) is 19.5. The Morgan fingerprint density at radius 3 is 2.59 bits per heavy atom. The third-order valence-corrected chi connectivity index (χ3v) is 8.00. The molecule has 0 atom stereocenters. The molecule has 10 heteroatoms. The van der Waals surface area contributed by atoms with Crippen molar-refractivity contribution in [3.05, 3.63) is 55.5 Å². The van der Waals surface area contributed by atoms with Crippen molar-refractivity contribution in [1.29, 1.82) is 0 Å². The van der Waals surface area contributed by atoms with Crippen molar-refractivity contribution in [1.82, 2.24) is 19.4 Å². The van der Waals surface area contributed by atoms with Gasteiger partial charge in [-0.3, -0.25) is 24.0 Å². The lowest BCUT2D eigenvalue weighted by molar-refractivity contribution is -0.129. The van der Waals surface area contributed by atoms with Gasteiger partial charge in [0.05, 0.1) is 24.7 Å². The minimum absolute atomic E-state index is 0.0276. The van der Waals surface area contributed by atoms with Crippen LogP contribution in [-0.2, 0) is 24.3 Å². The fourth-order valence-electron chi connectivity index (χ4n) is 4.93. The molecular weight excluding hydrogens is 454 g/mol. The molecule has 1 saturated heterocycles. The van der Waals surface area contributed by atoms with Crippen molar-refractivity contribution >= 4 is 33.1 Å². The van der Waals surface area contributed by atoms with Gasteiger partial charge in [0.15, 0.2) is 0 Å². The van der Waals surface area contributed by atoms with E-state index in [9.17, 15) is 14.4 Å². The summed E-state index contributed by atoms with van der Waals surface area (Å²) >= 11 is 1.42. The lowest BCUT2D eigenvalue weighted by atomic mass is 10.1. The van der Waals surface area contributed by atoms with E-state index < -0.39 is 0 Å². The number of hydrogen-bond acceptors (Lipinski definition) is 7. The van der Waals surface area contributed by atoms with E-state index >= 15 is 0 Å². The molecule has 2 aliphatic rings. The number of amides is 1. The number of para-hydroxylation sites is 2. The predicted octanol–water partition coefficient (Wildman–Crippen LogP) is 1.49. The second-order valence-corrected chi connectivity index (χ2v) is 9.89. The molecule has 0 unspecified atom stereocenters. The summed E-state index contributed by atoms with van der Waals surface area (Å²) in [6.45, 7) is 7.06. The van der Waals surface area contributed by atoms with E-state index in [1.165, 1.54) is 15.9 Å². The molecule has 0 radical (unpaired) electrons. The number of piperazine rings is 1. The van der Waals surface area contributed by atoms with Crippen LogP contribution in [0.3, 0.4) is 0 Å². The average molecular weight is 484 g/mol. The average Bonchev–Trinajstić information content (AvgIpc) is 3.21. The lowest BCUT2D eigenvalue weighted by Gasteiger charge is -2.36. The molecule has 1 fully saturated rings. The van der Waals surface area contributed by atoms with E-state index in [1.807, 2.05) is 18.2 Å². The summed E-state index contributed by atoms with van der Waals surface area (Å²) in [7, 11) is 1.69. The summed E-state index contributed by atoms with van der Waals surface area (Å²) in [6.07, 6.45) is 0.640. The zero-order valence-corrected chi connectivity index (χ0v) is 20.3. The van der Waals surface area contributed by atoms with Crippen molar-refractivity contribution in [2.75, 3.05) is 51.3 Å². The number of rotatable bonds is 5. The fraction of sp³-hybridized carbons (Fsp3) is 0.458. The molecule has 2 aliphatic heterocycles. The van der Waals surface area contributed by atoms with E-state index in [-0.39, 0.29) is 17.2 Å². The molecule has 0 aliphatic carbocycles. The van der Waals surface area contributed by atoms with Crippen molar-refractivity contribution in [3.63, 3.8) is 0 Å². The second-order valence-electron chi connectivity index (χ2n) is 8.79. The van der Waals surface area contributed by atoms with Gasteiger partial charge >= 0.3 is 5.69 Å². The first-order chi connectivity index (χ1) is 16.5. The highest BCUT2D eigenvalue weighted by Crippen LogP contribution is 2.32. The van der Waals surface area contributed by atoms with Crippen LogP contribution in [0.15, 0.2) is 33.9 Å². The van der Waals surface area contributed by atoms with E-state index in [1.54, 1.807) is 18.9 Å². The maximum atomic E-state index is 13.3. The first-order valence-electron chi connectivity index (χ1n) is 11.6. The van der Waals surface area contributed by atoms with Gasteiger partial charge in [0.1, 0.15) is 10.6 Å². The molecule has 1 amide bonds. The van der Waals surface area contributed by atoms with Gasteiger partial charge in [-0.2, -0.15) is 0 Å². The number of aromatic amines is 1. The summed E-state index contributed by atoms with van der Waals surface area (Å²) in [5, 5.41) is 0.615. The molecule has 5 rings (SSSR count). The van der Waals surface area contributed by atoms with Crippen molar-refractivity contribution in [2.24, 2.45) is 0 Å². The number of carbonyl (C=O) groups excluding carboxylic acids is 1. The highest BCUT2D eigenvalue weighted by Gasteiger charge is 2.26. The molecule has 180 valence electrons. The number of fused-ring (bicyclic) bond motifs is 3. The summed E-state index contributed by atoms with van der Waals surface area (Å²) < 4.78 is 6.83. The van der Waals surface area contributed by atoms with E-state index in [0.29, 0.717) is 42.8 Å². The van der Waals surface area contributed by atoms with Crippen LogP contribution >= 0.6 is 11.3 Å². The Morgan fingerprint density at radius 2 is 1.85 bits per heavy atom. The molecule has 9 nitrogen and oxygen atoms in total. The highest BCUT2D eigenvalue weighted by molar-refractivity contribution is 7.18. The molecule has 4 heterocycles. The van der Waals surface area contributed by atoms with Gasteiger partial charge in [-0.1, -0.05) is 12.1 Å². The van der Waals surface area contributed by atoms with Crippen LogP contribution in [0.4, 0.5) is 5.69 Å². The molecule has 2 aromatic heterocycles. The Kier molecular flexibility index (Phi) is 6.18. The van der Waals surface area contributed by atoms with Crippen LogP contribution in [0.2, 0.25) is 0 Å². The van der Waals surface area contributed by atoms with Gasteiger partial charge < -0.3 is 14.5 Å². The SMILES string of the molecule is COc1ccccc1N1CCN(CCn2c(=O)[nH]c3sc4c(c3c2=O)CCN(C(C)=O)C4)CC1. The molecule has 0 bridgehead atoms. The minimum Gasteiger partial charge on any atom is -0.495 e. The van der Waals surface area contributed by atoms with E-state index in [4.69, 9.17) is 4.74 Å². The summed E-state index contributed by atoms with van der Waals surface area (Å²) in [6, 6.07) is 8.02. The van der Waals surface area contributed by atoms with Crippen molar-refractivity contribution < 1.29 is 9.53 Å². The monoisotopic (exact) mass is 483 g/mol. The number of nitrogens with zero attached hydrogens (tertiary/aromatic N) is 4. The number of benzene rings is 1. The van der Waals surface area contributed by atoms with Crippen molar-refractivity contribution in [3.8, 4) is 5.75 Å². The number of ether oxygens (including phenoxy) is 1. The van der Waals surface area contributed by atoms with Crippen LogP contribution in [0.25, 0.3) is 10.2 Å². The summed E-state index contributed by atoms with van der Waals surface area (Å²) in [5.74, 6) is 0.896. The third kappa shape index (κ3) is 4.12. The molecule has 34 heavy (non-hydrogen) atoms. The van der Waals surface area contributed by atoms with E-state index in [0.717, 1.165) is 48.1 Å². The van der Waals surface area contributed by atoms with Crippen LogP contribution in [0, 0.1) is 0 Å². The number of aromatic nitrogens is 2. The highest BCUT2D eigenvalue weighted by atomic mass is 32.1. The third-order valence-electron chi connectivity index (χ3n) is 6.86. The van der Waals surface area contributed by atoms with Crippen LogP contribution in [0.1, 0.15) is 17.4 Å². The van der Waals surface area contributed by atoms with Gasteiger partial charge in [0, 0.05) is 57.6 Å². The largest absolute Gasteiger partial charge is 0.495 e. The molecule has 1 aromatic carbocycles. The maximum absolute atomic E-state index is 13.3. The fourth-order valence-corrected chi connectivity index (χ4v) is 6.17. The van der Waals surface area contributed by atoms with Crippen LogP contribution < -0.4 is 20.9 Å². The number of H-pyrrole nitrogens is 1. The zero-order chi connectivity index (χ0) is 23.8. The van der Waals surface area contributed by atoms with Gasteiger partial charge in [-0.05, 0) is 24.1 Å². The normalized spacial score (nSPS) is 16.6. The number of carbonyl (C=O) groups is 1. The molecule has 0 spiro atoms. The standard InChI is InChI=1S/C24H29N5O4S/c1-16(30)28-8-7-17-20(15-28)34-22-21(17)23(31)29(24(32)25-22)14-11-26-9-12-27(13-10-26)18-5-3-4-6-19(18)33-2/h3-6H,7-15H2,1-2H3,(H,25,32). The Morgan fingerprint density at radius 1 is 1.09 bits per heavy atom. The number of nitrogens with one attached hydrogen (secondary N) is 1. The molecular formula is C24H29N5O4S. The Bertz CT molecular complexity index is 1340. The Hall–Kier alpha value is -3.11. The van der Waals surface area contributed by atoms with Gasteiger partial charge in [-0.15, -0.1) is 11.3 Å². The van der Waals surface area contributed by atoms with Crippen molar-refractivity contribution in [2.45, 2.75) is 26.4 Å². The van der Waals surface area contributed by atoms with Gasteiger partial charge in [0.2, 0.25) is 5.91 Å². The lowest BCUT2D eigenvalue weighted by Crippen LogP contribution is -2.48. The summed E-state index contributed by atoms with van der Waals surface area (Å²) in [4.78, 5) is 48.7. The van der Waals surface area contributed by atoms with Gasteiger partial charge in [0.25, 0.3) is 5.56 Å². The maximum Gasteiger partial charge on any atom is 0.329 e. The number of hydrogen-bond donors (Lipinski definition) is 1. The molecule has 1 N–H and O–H groups in total. The summed E-state index contributed by atoms with van der Waals surface area (Å²) in [5.41, 5.74) is 1.48. The van der Waals surface area contributed by atoms with Crippen LogP contribution in [-0.4, -0.2) is 71.6 Å². The smallest absolute Gasteiger partial charge is 0.329 e. The minimum atomic E-state index is -0.368. The second kappa shape index (κ2) is 9.27. The first-order valence-corrected chi connectivity index (χ1v) is 12.4. The van der Waals surface area contributed by atoms with Gasteiger partial charge in [-0.25, -0.2) is 4.79 Å². The number of methoxy groups -OCH3 is 1. The Balaban J connectivity index is 1.29. The van der Waals surface area contributed by atoms with Crippen LogP contribution in [0.5, 0.6) is 5.75 Å².